The first-order chi connectivity index (χ1) is 14.2. The number of hydrogen-bond acceptors (Lipinski definition) is 5. The number of hydrogen-bond donors (Lipinski definition) is 1. The number of halogens is 1. The van der Waals surface area contributed by atoms with E-state index in [1.807, 2.05) is 0 Å². The van der Waals surface area contributed by atoms with E-state index < -0.39 is 5.97 Å². The molecule has 0 radical (unpaired) electrons. The molecule has 30 heavy (non-hydrogen) atoms. The van der Waals surface area contributed by atoms with E-state index in [1.165, 1.54) is 23.3 Å². The third-order valence-corrected chi connectivity index (χ3v) is 7.53. The minimum atomic E-state index is -0.408. The number of carbonyl (C=O) groups excluding carboxylic acids is 2. The molecule has 0 fully saturated rings. The first kappa shape index (κ1) is 22.6. The predicted octanol–water partition coefficient (Wildman–Crippen LogP) is 5.75. The van der Waals surface area contributed by atoms with Crippen molar-refractivity contribution in [3.8, 4) is 5.75 Å². The summed E-state index contributed by atoms with van der Waals surface area (Å²) in [6.45, 7) is 6.66. The van der Waals surface area contributed by atoms with E-state index in [2.05, 4.69) is 26.1 Å². The highest BCUT2D eigenvalue weighted by atomic mass is 35.5. The first-order valence-corrected chi connectivity index (χ1v) is 11.4. The summed E-state index contributed by atoms with van der Waals surface area (Å²) >= 11 is 7.34. The predicted molar refractivity (Wildman–Crippen MR) is 121 cm³/mol. The summed E-state index contributed by atoms with van der Waals surface area (Å²) in [7, 11) is 1.37. The largest absolute Gasteiger partial charge is 0.484 e. The van der Waals surface area contributed by atoms with Gasteiger partial charge in [0.2, 0.25) is 0 Å². The van der Waals surface area contributed by atoms with Gasteiger partial charge in [0.15, 0.2) is 6.61 Å². The summed E-state index contributed by atoms with van der Waals surface area (Å²) in [5, 5.41) is 4.01. The van der Waals surface area contributed by atoms with Crippen LogP contribution >= 0.6 is 22.9 Å². The van der Waals surface area contributed by atoms with Crippen LogP contribution in [-0.2, 0) is 22.4 Å². The van der Waals surface area contributed by atoms with Crippen molar-refractivity contribution in [2.45, 2.75) is 46.5 Å². The summed E-state index contributed by atoms with van der Waals surface area (Å²) in [5.41, 5.74) is 1.75. The van der Waals surface area contributed by atoms with Crippen molar-refractivity contribution in [2.24, 2.45) is 11.3 Å². The molecule has 3 rings (SSSR count). The van der Waals surface area contributed by atoms with Crippen LogP contribution in [0.3, 0.4) is 0 Å². The smallest absolute Gasteiger partial charge is 0.341 e. The number of rotatable bonds is 7. The summed E-state index contributed by atoms with van der Waals surface area (Å²) in [6.07, 6.45) is 3.87. The molecule has 1 atom stereocenters. The molecule has 1 heterocycles. The highest BCUT2D eigenvalue weighted by molar-refractivity contribution is 7.17. The quantitative estimate of drug-likeness (QED) is 0.547. The van der Waals surface area contributed by atoms with Crippen molar-refractivity contribution in [1.82, 2.24) is 0 Å². The average Bonchev–Trinajstić information content (AvgIpc) is 3.09. The van der Waals surface area contributed by atoms with Crippen LogP contribution in [-0.4, -0.2) is 25.6 Å². The van der Waals surface area contributed by atoms with Gasteiger partial charge in [-0.2, -0.15) is 0 Å². The molecule has 2 aromatic rings. The molecule has 0 aliphatic heterocycles. The third-order valence-electron chi connectivity index (χ3n) is 6.11. The van der Waals surface area contributed by atoms with Crippen molar-refractivity contribution >= 4 is 39.8 Å². The summed E-state index contributed by atoms with van der Waals surface area (Å²) in [4.78, 5) is 26.1. The summed E-state index contributed by atoms with van der Waals surface area (Å²) < 4.78 is 10.5. The molecule has 162 valence electrons. The summed E-state index contributed by atoms with van der Waals surface area (Å²) in [5.74, 6) is 0.377. The van der Waals surface area contributed by atoms with Crippen molar-refractivity contribution in [3.63, 3.8) is 0 Å². The average molecular weight is 450 g/mol. The zero-order valence-electron chi connectivity index (χ0n) is 17.8. The van der Waals surface area contributed by atoms with Crippen molar-refractivity contribution in [3.05, 3.63) is 45.3 Å². The molecular weight excluding hydrogens is 422 g/mol. The standard InChI is InChI=1S/C23H28ClNO4S/c1-5-23(2,3)14-6-11-17-18(12-14)30-21(20(17)22(27)28-4)25-19(26)13-29-16-9-7-15(24)8-10-16/h7-10,14H,5-6,11-13H2,1-4H3,(H,25,26). The minimum absolute atomic E-state index is 0.156. The molecule has 1 N–H and O–H groups in total. The Morgan fingerprint density at radius 2 is 1.97 bits per heavy atom. The van der Waals surface area contributed by atoms with Gasteiger partial charge in [0.25, 0.3) is 5.91 Å². The van der Waals surface area contributed by atoms with Gasteiger partial charge in [0.05, 0.1) is 12.7 Å². The Morgan fingerprint density at radius 1 is 1.27 bits per heavy atom. The number of carbonyl (C=O) groups is 2. The van der Waals surface area contributed by atoms with Gasteiger partial charge < -0.3 is 14.8 Å². The molecule has 1 aromatic carbocycles. The number of esters is 1. The van der Waals surface area contributed by atoms with Gasteiger partial charge in [0.1, 0.15) is 10.8 Å². The molecule has 7 heteroatoms. The van der Waals surface area contributed by atoms with E-state index in [9.17, 15) is 9.59 Å². The maximum absolute atomic E-state index is 12.5. The number of anilines is 1. The monoisotopic (exact) mass is 449 g/mol. The maximum atomic E-state index is 12.5. The molecule has 5 nitrogen and oxygen atoms in total. The van der Waals surface area contributed by atoms with E-state index in [0.717, 1.165) is 31.2 Å². The number of thiophene rings is 1. The van der Waals surface area contributed by atoms with Crippen LogP contribution in [0.4, 0.5) is 5.00 Å². The molecule has 0 bridgehead atoms. The van der Waals surface area contributed by atoms with Gasteiger partial charge in [-0.25, -0.2) is 4.79 Å². The topological polar surface area (TPSA) is 64.6 Å². The number of nitrogens with one attached hydrogen (secondary N) is 1. The Morgan fingerprint density at radius 3 is 2.60 bits per heavy atom. The fraction of sp³-hybridized carbons (Fsp3) is 0.478. The van der Waals surface area contributed by atoms with Crippen molar-refractivity contribution in [1.29, 1.82) is 0 Å². The third kappa shape index (κ3) is 4.98. The van der Waals surface area contributed by atoms with E-state index in [4.69, 9.17) is 21.1 Å². The van der Waals surface area contributed by atoms with Gasteiger partial charge in [-0.3, -0.25) is 4.79 Å². The van der Waals surface area contributed by atoms with E-state index in [-0.39, 0.29) is 17.9 Å². The van der Waals surface area contributed by atoms with E-state index in [0.29, 0.717) is 27.3 Å². The Balaban J connectivity index is 1.76. The number of benzene rings is 1. The molecular formula is C23H28ClNO4S. The molecule has 0 saturated carbocycles. The highest BCUT2D eigenvalue weighted by Gasteiger charge is 2.35. The number of fused-ring (bicyclic) bond motifs is 1. The fourth-order valence-electron chi connectivity index (χ4n) is 3.79. The lowest BCUT2D eigenvalue weighted by Crippen LogP contribution is -2.28. The SMILES string of the molecule is CCC(C)(C)C1CCc2c(sc(NC(=O)COc3ccc(Cl)cc3)c2C(=O)OC)C1. The molecule has 1 aromatic heterocycles. The van der Waals surface area contributed by atoms with Crippen LogP contribution in [0.25, 0.3) is 0 Å². The van der Waals surface area contributed by atoms with Gasteiger partial charge in [0, 0.05) is 9.90 Å². The second kappa shape index (κ2) is 9.40. The molecule has 1 aliphatic rings. The number of methoxy groups -OCH3 is 1. The maximum Gasteiger partial charge on any atom is 0.341 e. The lowest BCUT2D eigenvalue weighted by Gasteiger charge is -2.36. The van der Waals surface area contributed by atoms with Crippen LogP contribution in [0.1, 0.15) is 54.4 Å². The molecule has 0 spiro atoms. The summed E-state index contributed by atoms with van der Waals surface area (Å²) in [6, 6.07) is 6.81. The molecule has 1 aliphatic carbocycles. The Hall–Kier alpha value is -2.05. The number of amides is 1. The van der Waals surface area contributed by atoms with Crippen LogP contribution < -0.4 is 10.1 Å². The highest BCUT2D eigenvalue weighted by Crippen LogP contribution is 2.45. The van der Waals surface area contributed by atoms with Crippen molar-refractivity contribution < 1.29 is 19.1 Å². The molecule has 1 unspecified atom stereocenters. The van der Waals surface area contributed by atoms with E-state index >= 15 is 0 Å². The normalized spacial score (nSPS) is 16.0. The minimum Gasteiger partial charge on any atom is -0.484 e. The lowest BCUT2D eigenvalue weighted by molar-refractivity contribution is -0.118. The Bertz CT molecular complexity index is 920. The second-order valence-electron chi connectivity index (χ2n) is 8.27. The van der Waals surface area contributed by atoms with E-state index in [1.54, 1.807) is 24.3 Å². The van der Waals surface area contributed by atoms with Crippen LogP contribution in [0.2, 0.25) is 5.02 Å². The van der Waals surface area contributed by atoms with Crippen LogP contribution in [0.5, 0.6) is 5.75 Å². The zero-order valence-corrected chi connectivity index (χ0v) is 19.4. The lowest BCUT2D eigenvalue weighted by atomic mass is 9.69. The van der Waals surface area contributed by atoms with Crippen LogP contribution in [0, 0.1) is 11.3 Å². The second-order valence-corrected chi connectivity index (χ2v) is 9.81. The van der Waals surface area contributed by atoms with Gasteiger partial charge in [-0.1, -0.05) is 38.8 Å². The Kier molecular flexibility index (Phi) is 7.09. The van der Waals surface area contributed by atoms with Gasteiger partial charge >= 0.3 is 5.97 Å². The Labute approximate surface area is 186 Å². The number of ether oxygens (including phenoxy) is 2. The van der Waals surface area contributed by atoms with Crippen LogP contribution in [0.15, 0.2) is 24.3 Å². The van der Waals surface area contributed by atoms with Gasteiger partial charge in [-0.15, -0.1) is 11.3 Å². The van der Waals surface area contributed by atoms with Crippen molar-refractivity contribution in [2.75, 3.05) is 19.0 Å². The van der Waals surface area contributed by atoms with Gasteiger partial charge in [-0.05, 0) is 60.4 Å². The first-order valence-electron chi connectivity index (χ1n) is 10.2. The molecule has 0 saturated heterocycles. The molecule has 1 amide bonds. The fourth-order valence-corrected chi connectivity index (χ4v) is 5.25. The zero-order chi connectivity index (χ0) is 21.9.